The predicted molar refractivity (Wildman–Crippen MR) is 106 cm³/mol. The summed E-state index contributed by atoms with van der Waals surface area (Å²) in [5.74, 6) is 0.283. The molecule has 2 N–H and O–H groups in total. The highest BCUT2D eigenvalue weighted by Gasteiger charge is 2.14. The van der Waals surface area contributed by atoms with Gasteiger partial charge in [0.05, 0.1) is 12.2 Å². The van der Waals surface area contributed by atoms with Crippen molar-refractivity contribution in [2.45, 2.75) is 33.6 Å². The molecule has 0 bridgehead atoms. The van der Waals surface area contributed by atoms with E-state index in [1.54, 1.807) is 18.2 Å². The summed E-state index contributed by atoms with van der Waals surface area (Å²) in [5.41, 5.74) is 3.66. The monoisotopic (exact) mass is 356 g/mol. The molecule has 0 unspecified atom stereocenters. The van der Waals surface area contributed by atoms with Crippen molar-refractivity contribution in [1.82, 2.24) is 5.32 Å². The first kappa shape index (κ1) is 18.9. The molecule has 0 saturated carbocycles. The Balaban J connectivity index is 2.10. The van der Waals surface area contributed by atoms with Crippen molar-refractivity contribution < 1.29 is 9.53 Å². The van der Waals surface area contributed by atoms with E-state index in [1.807, 2.05) is 38.1 Å². The molecule has 0 saturated heterocycles. The van der Waals surface area contributed by atoms with Gasteiger partial charge in [-0.3, -0.25) is 10.1 Å². The Hall–Kier alpha value is -2.40. The molecule has 2 rings (SSSR count). The number of rotatable bonds is 6. The fraction of sp³-hybridized carbons (Fsp3) is 0.300. The van der Waals surface area contributed by atoms with E-state index >= 15 is 0 Å². The van der Waals surface area contributed by atoms with E-state index in [1.165, 1.54) is 0 Å². The van der Waals surface area contributed by atoms with Gasteiger partial charge in [0.1, 0.15) is 5.75 Å². The third-order valence-electron chi connectivity index (χ3n) is 3.80. The van der Waals surface area contributed by atoms with Gasteiger partial charge in [0.25, 0.3) is 5.91 Å². The number of benzene rings is 2. The van der Waals surface area contributed by atoms with Gasteiger partial charge in [-0.25, -0.2) is 0 Å². The molecule has 132 valence electrons. The Labute approximate surface area is 154 Å². The first-order valence-electron chi connectivity index (χ1n) is 8.49. The summed E-state index contributed by atoms with van der Waals surface area (Å²) >= 11 is 5.33. The molecule has 0 aliphatic rings. The molecule has 0 aromatic heterocycles. The third-order valence-corrected chi connectivity index (χ3v) is 4.00. The van der Waals surface area contributed by atoms with Gasteiger partial charge in [0, 0.05) is 5.69 Å². The molecule has 25 heavy (non-hydrogen) atoms. The number of hydrogen-bond acceptors (Lipinski definition) is 3. The largest absolute Gasteiger partial charge is 0.493 e. The minimum Gasteiger partial charge on any atom is -0.493 e. The van der Waals surface area contributed by atoms with E-state index in [2.05, 4.69) is 17.6 Å². The van der Waals surface area contributed by atoms with Crippen molar-refractivity contribution in [2.75, 3.05) is 11.9 Å². The number of carbonyl (C=O) groups excluding carboxylic acids is 1. The minimum atomic E-state index is -0.282. The Kier molecular flexibility index (Phi) is 6.95. The van der Waals surface area contributed by atoms with Gasteiger partial charge in [-0.15, -0.1) is 0 Å². The van der Waals surface area contributed by atoms with E-state index < -0.39 is 0 Å². The van der Waals surface area contributed by atoms with Gasteiger partial charge in [0.2, 0.25) is 0 Å². The van der Waals surface area contributed by atoms with Gasteiger partial charge in [-0.1, -0.05) is 44.2 Å². The molecule has 4 nitrogen and oxygen atoms in total. The lowest BCUT2D eigenvalue weighted by molar-refractivity contribution is 0.0973. The van der Waals surface area contributed by atoms with Gasteiger partial charge >= 0.3 is 0 Å². The lowest BCUT2D eigenvalue weighted by Gasteiger charge is -2.16. The molecule has 2 aromatic carbocycles. The maximum atomic E-state index is 12.6. The van der Waals surface area contributed by atoms with E-state index in [4.69, 9.17) is 17.0 Å². The summed E-state index contributed by atoms with van der Waals surface area (Å²) in [7, 11) is 0. The van der Waals surface area contributed by atoms with Crippen LogP contribution in [0.15, 0.2) is 42.5 Å². The molecule has 0 radical (unpaired) electrons. The summed E-state index contributed by atoms with van der Waals surface area (Å²) in [4.78, 5) is 12.6. The zero-order valence-electron chi connectivity index (χ0n) is 14.9. The molecule has 0 aliphatic carbocycles. The standard InChI is InChI=1S/C20H24N2O2S/c1-4-13-24-17-12-7-6-11-16(17)19(23)22-20(25)21-18-14(3)9-8-10-15(18)5-2/h6-12H,4-5,13H2,1-3H3,(H2,21,22,23,25). The van der Waals surface area contributed by atoms with Crippen LogP contribution in [0.25, 0.3) is 0 Å². The number of nitrogens with one attached hydrogen (secondary N) is 2. The zero-order valence-corrected chi connectivity index (χ0v) is 15.7. The summed E-state index contributed by atoms with van der Waals surface area (Å²) in [5, 5.41) is 6.17. The minimum absolute atomic E-state index is 0.277. The van der Waals surface area contributed by atoms with Gasteiger partial charge in [-0.2, -0.15) is 0 Å². The Morgan fingerprint density at radius 1 is 1.12 bits per heavy atom. The van der Waals surface area contributed by atoms with Gasteiger partial charge in [-0.05, 0) is 55.2 Å². The van der Waals surface area contributed by atoms with Gasteiger partial charge in [0.15, 0.2) is 5.11 Å². The lowest BCUT2D eigenvalue weighted by Crippen LogP contribution is -2.34. The Bertz CT molecular complexity index is 759. The van der Waals surface area contributed by atoms with Crippen LogP contribution in [0.4, 0.5) is 5.69 Å². The highest BCUT2D eigenvalue weighted by Crippen LogP contribution is 2.21. The average molecular weight is 356 g/mol. The predicted octanol–water partition coefficient (Wildman–Crippen LogP) is 4.47. The number of para-hydroxylation sites is 2. The highest BCUT2D eigenvalue weighted by atomic mass is 32.1. The molecule has 0 aliphatic heterocycles. The molecule has 0 heterocycles. The fourth-order valence-corrected chi connectivity index (χ4v) is 2.70. The average Bonchev–Trinajstić information content (AvgIpc) is 2.61. The lowest BCUT2D eigenvalue weighted by atomic mass is 10.1. The van der Waals surface area contributed by atoms with Gasteiger partial charge < -0.3 is 10.1 Å². The van der Waals surface area contributed by atoms with E-state index in [-0.39, 0.29) is 11.0 Å². The summed E-state index contributed by atoms with van der Waals surface area (Å²) < 4.78 is 5.64. The SMILES string of the molecule is CCCOc1ccccc1C(=O)NC(=S)Nc1c(C)cccc1CC. The topological polar surface area (TPSA) is 50.4 Å². The summed E-state index contributed by atoms with van der Waals surface area (Å²) in [6.07, 6.45) is 1.76. The van der Waals surface area contributed by atoms with Crippen molar-refractivity contribution in [2.24, 2.45) is 0 Å². The summed E-state index contributed by atoms with van der Waals surface area (Å²) in [6, 6.07) is 13.3. The molecule has 0 fully saturated rings. The normalized spacial score (nSPS) is 10.2. The Morgan fingerprint density at radius 3 is 2.60 bits per heavy atom. The molecule has 5 heteroatoms. The van der Waals surface area contributed by atoms with Crippen molar-refractivity contribution >= 4 is 28.9 Å². The van der Waals surface area contributed by atoms with Crippen LogP contribution in [-0.2, 0) is 6.42 Å². The van der Waals surface area contributed by atoms with Crippen LogP contribution in [0.5, 0.6) is 5.75 Å². The van der Waals surface area contributed by atoms with Crippen LogP contribution in [0.3, 0.4) is 0 Å². The van der Waals surface area contributed by atoms with E-state index in [9.17, 15) is 4.79 Å². The number of ether oxygens (including phenoxy) is 1. The first-order chi connectivity index (χ1) is 12.1. The summed E-state index contributed by atoms with van der Waals surface area (Å²) in [6.45, 7) is 6.69. The molecular formula is C20H24N2O2S. The molecular weight excluding hydrogens is 332 g/mol. The molecule has 2 aromatic rings. The first-order valence-corrected chi connectivity index (χ1v) is 8.90. The second kappa shape index (κ2) is 9.18. The van der Waals surface area contributed by atoms with Crippen LogP contribution in [0, 0.1) is 6.92 Å². The smallest absolute Gasteiger partial charge is 0.261 e. The van der Waals surface area contributed by atoms with E-state index in [0.29, 0.717) is 17.9 Å². The maximum absolute atomic E-state index is 12.6. The molecule has 1 amide bonds. The number of aryl methyl sites for hydroxylation is 2. The number of amides is 1. The van der Waals surface area contributed by atoms with E-state index in [0.717, 1.165) is 29.7 Å². The Morgan fingerprint density at radius 2 is 1.88 bits per heavy atom. The second-order valence-corrected chi connectivity index (χ2v) is 6.12. The van der Waals surface area contributed by atoms with Crippen molar-refractivity contribution in [3.05, 3.63) is 59.2 Å². The van der Waals surface area contributed by atoms with Crippen molar-refractivity contribution in [1.29, 1.82) is 0 Å². The van der Waals surface area contributed by atoms with Crippen molar-refractivity contribution in [3.8, 4) is 5.75 Å². The van der Waals surface area contributed by atoms with Crippen LogP contribution in [0.2, 0.25) is 0 Å². The van der Waals surface area contributed by atoms with Crippen LogP contribution in [-0.4, -0.2) is 17.6 Å². The number of thiocarbonyl (C=S) groups is 1. The van der Waals surface area contributed by atoms with Crippen LogP contribution in [0.1, 0.15) is 41.8 Å². The second-order valence-electron chi connectivity index (χ2n) is 5.72. The third kappa shape index (κ3) is 5.03. The number of hydrogen-bond donors (Lipinski definition) is 2. The zero-order chi connectivity index (χ0) is 18.2. The fourth-order valence-electron chi connectivity index (χ4n) is 2.51. The van der Waals surface area contributed by atoms with Crippen LogP contribution >= 0.6 is 12.2 Å². The number of anilines is 1. The van der Waals surface area contributed by atoms with Crippen LogP contribution < -0.4 is 15.4 Å². The molecule has 0 spiro atoms. The maximum Gasteiger partial charge on any atom is 0.261 e. The highest BCUT2D eigenvalue weighted by molar-refractivity contribution is 7.80. The molecule has 0 atom stereocenters. The van der Waals surface area contributed by atoms with Crippen molar-refractivity contribution in [3.63, 3.8) is 0 Å². The number of carbonyl (C=O) groups is 1. The quantitative estimate of drug-likeness (QED) is 0.750.